The highest BCUT2D eigenvalue weighted by molar-refractivity contribution is 6.35. The molecule has 1 heterocycles. The Morgan fingerprint density at radius 3 is 2.72 bits per heavy atom. The van der Waals surface area contributed by atoms with E-state index in [9.17, 15) is 0 Å². The first-order valence-electron chi connectivity index (χ1n) is 6.07. The Labute approximate surface area is 117 Å². The van der Waals surface area contributed by atoms with E-state index < -0.39 is 0 Å². The Kier molecular flexibility index (Phi) is 2.72. The van der Waals surface area contributed by atoms with Crippen molar-refractivity contribution in [3.05, 3.63) is 33.8 Å². The quantitative estimate of drug-likeness (QED) is 0.907. The van der Waals surface area contributed by atoms with Crippen molar-refractivity contribution in [3.8, 4) is 0 Å². The summed E-state index contributed by atoms with van der Waals surface area (Å²) in [5.41, 5.74) is 6.82. The van der Waals surface area contributed by atoms with Crippen molar-refractivity contribution in [2.75, 3.05) is 6.54 Å². The average molecular weight is 284 g/mol. The third kappa shape index (κ3) is 1.77. The zero-order chi connectivity index (χ0) is 12.9. The minimum Gasteiger partial charge on any atom is -0.370 e. The number of benzene rings is 1. The molecule has 0 amide bonds. The molecule has 2 N–H and O–H groups in total. The largest absolute Gasteiger partial charge is 0.370 e. The summed E-state index contributed by atoms with van der Waals surface area (Å²) in [7, 11) is 0. The van der Waals surface area contributed by atoms with Crippen molar-refractivity contribution in [2.45, 2.75) is 31.3 Å². The number of aliphatic imine (C=N–C) groups is 1. The Balaban J connectivity index is 2.04. The summed E-state index contributed by atoms with van der Waals surface area (Å²) in [6, 6.07) is 6.14. The van der Waals surface area contributed by atoms with Crippen molar-refractivity contribution in [1.29, 1.82) is 0 Å². The van der Waals surface area contributed by atoms with Gasteiger partial charge < -0.3 is 10.6 Å². The van der Waals surface area contributed by atoms with Gasteiger partial charge in [0.05, 0.1) is 12.1 Å². The van der Waals surface area contributed by atoms with Crippen molar-refractivity contribution in [2.24, 2.45) is 10.7 Å². The minimum absolute atomic E-state index is 0.243. The highest BCUT2D eigenvalue weighted by Crippen LogP contribution is 2.43. The molecule has 1 unspecified atom stereocenters. The van der Waals surface area contributed by atoms with Crippen LogP contribution in [-0.4, -0.2) is 23.4 Å². The number of nitrogens with zero attached hydrogens (tertiary/aromatic N) is 2. The van der Waals surface area contributed by atoms with Gasteiger partial charge in [-0.25, -0.2) is 0 Å². The second-order valence-electron chi connectivity index (χ2n) is 5.17. The lowest BCUT2D eigenvalue weighted by Gasteiger charge is -2.37. The molecule has 0 bridgehead atoms. The number of nitrogens with two attached hydrogens (primary N) is 1. The van der Waals surface area contributed by atoms with E-state index in [4.69, 9.17) is 28.9 Å². The monoisotopic (exact) mass is 283 g/mol. The molecule has 1 aromatic rings. The van der Waals surface area contributed by atoms with Gasteiger partial charge in [-0.15, -0.1) is 0 Å². The standard InChI is InChI=1S/C13H15Cl2N3/c1-13(10-5-2-8(14)6-11(10)15)7-17-12(16)18(13)9-3-4-9/h2,5-6,9H,3-4,7H2,1H3,(H2,16,17). The van der Waals surface area contributed by atoms with Crippen LogP contribution in [-0.2, 0) is 5.54 Å². The first kappa shape index (κ1) is 12.1. The van der Waals surface area contributed by atoms with Crippen LogP contribution in [0.15, 0.2) is 23.2 Å². The lowest BCUT2D eigenvalue weighted by molar-refractivity contribution is 0.216. The van der Waals surface area contributed by atoms with Crippen LogP contribution >= 0.6 is 23.2 Å². The maximum Gasteiger partial charge on any atom is 0.192 e. The molecular formula is C13H15Cl2N3. The van der Waals surface area contributed by atoms with Gasteiger partial charge in [-0.1, -0.05) is 29.3 Å². The van der Waals surface area contributed by atoms with E-state index in [0.717, 1.165) is 5.56 Å². The van der Waals surface area contributed by atoms with Gasteiger partial charge in [-0.05, 0) is 37.5 Å². The van der Waals surface area contributed by atoms with Gasteiger partial charge in [0.25, 0.3) is 0 Å². The van der Waals surface area contributed by atoms with Crippen LogP contribution in [0.4, 0.5) is 0 Å². The fourth-order valence-electron chi connectivity index (χ4n) is 2.70. The van der Waals surface area contributed by atoms with Crippen molar-refractivity contribution in [3.63, 3.8) is 0 Å². The van der Waals surface area contributed by atoms with E-state index in [0.29, 0.717) is 28.6 Å². The van der Waals surface area contributed by atoms with Crippen molar-refractivity contribution >= 4 is 29.2 Å². The number of hydrogen-bond donors (Lipinski definition) is 1. The molecule has 3 rings (SSSR count). The second-order valence-corrected chi connectivity index (χ2v) is 6.02. The van der Waals surface area contributed by atoms with Gasteiger partial charge in [0, 0.05) is 16.1 Å². The average Bonchev–Trinajstić information content (AvgIpc) is 3.06. The molecular weight excluding hydrogens is 269 g/mol. The molecule has 0 saturated heterocycles. The summed E-state index contributed by atoms with van der Waals surface area (Å²) in [6.45, 7) is 2.79. The van der Waals surface area contributed by atoms with E-state index in [1.165, 1.54) is 12.8 Å². The Hall–Kier alpha value is -0.930. The third-order valence-corrected chi connectivity index (χ3v) is 4.30. The molecule has 2 aliphatic rings. The summed E-state index contributed by atoms with van der Waals surface area (Å²) >= 11 is 12.3. The summed E-state index contributed by atoms with van der Waals surface area (Å²) in [5, 5.41) is 1.33. The Morgan fingerprint density at radius 2 is 2.11 bits per heavy atom. The maximum absolute atomic E-state index is 6.33. The lowest BCUT2D eigenvalue weighted by Crippen LogP contribution is -2.48. The topological polar surface area (TPSA) is 41.6 Å². The van der Waals surface area contributed by atoms with Gasteiger partial charge in [-0.2, -0.15) is 0 Å². The van der Waals surface area contributed by atoms with E-state index in [2.05, 4.69) is 16.8 Å². The molecule has 0 radical (unpaired) electrons. The molecule has 1 aliphatic carbocycles. The fourth-order valence-corrected chi connectivity index (χ4v) is 3.32. The van der Waals surface area contributed by atoms with Crippen LogP contribution in [0, 0.1) is 0 Å². The number of rotatable bonds is 2. The molecule has 96 valence electrons. The number of guanidine groups is 1. The molecule has 5 heteroatoms. The molecule has 1 atom stereocenters. The molecule has 1 aromatic carbocycles. The molecule has 18 heavy (non-hydrogen) atoms. The first-order chi connectivity index (χ1) is 8.52. The Morgan fingerprint density at radius 1 is 1.39 bits per heavy atom. The van der Waals surface area contributed by atoms with Gasteiger partial charge >= 0.3 is 0 Å². The zero-order valence-electron chi connectivity index (χ0n) is 10.2. The van der Waals surface area contributed by atoms with Crippen LogP contribution in [0.25, 0.3) is 0 Å². The van der Waals surface area contributed by atoms with Crippen LogP contribution < -0.4 is 5.73 Å². The molecule has 1 aliphatic heterocycles. The molecule has 0 aromatic heterocycles. The van der Waals surface area contributed by atoms with E-state index in [1.54, 1.807) is 6.07 Å². The maximum atomic E-state index is 6.33. The smallest absolute Gasteiger partial charge is 0.192 e. The SMILES string of the molecule is CC1(c2ccc(Cl)cc2Cl)CN=C(N)N1C1CC1. The molecule has 0 spiro atoms. The number of hydrogen-bond acceptors (Lipinski definition) is 3. The predicted octanol–water partition coefficient (Wildman–Crippen LogP) is 3.00. The van der Waals surface area contributed by atoms with Gasteiger partial charge in [0.2, 0.25) is 0 Å². The highest BCUT2D eigenvalue weighted by Gasteiger charge is 2.47. The van der Waals surface area contributed by atoms with E-state index in [1.807, 2.05) is 12.1 Å². The predicted molar refractivity (Wildman–Crippen MR) is 75.2 cm³/mol. The second kappa shape index (κ2) is 4.04. The Bertz CT molecular complexity index is 525. The van der Waals surface area contributed by atoms with E-state index in [-0.39, 0.29) is 5.54 Å². The van der Waals surface area contributed by atoms with Crippen molar-refractivity contribution in [1.82, 2.24) is 4.90 Å². The van der Waals surface area contributed by atoms with Gasteiger partial charge in [0.1, 0.15) is 0 Å². The van der Waals surface area contributed by atoms with Crippen molar-refractivity contribution < 1.29 is 0 Å². The summed E-state index contributed by atoms with van der Waals surface area (Å²) in [4.78, 5) is 6.61. The minimum atomic E-state index is -0.243. The van der Waals surface area contributed by atoms with Crippen LogP contribution in [0.1, 0.15) is 25.3 Å². The molecule has 1 saturated carbocycles. The molecule has 1 fully saturated rings. The van der Waals surface area contributed by atoms with Crippen LogP contribution in [0.2, 0.25) is 10.0 Å². The zero-order valence-corrected chi connectivity index (χ0v) is 11.7. The van der Waals surface area contributed by atoms with E-state index >= 15 is 0 Å². The number of halogens is 2. The third-order valence-electron chi connectivity index (χ3n) is 3.75. The summed E-state index contributed by atoms with van der Waals surface area (Å²) in [6.07, 6.45) is 2.36. The van der Waals surface area contributed by atoms with Crippen LogP contribution in [0.5, 0.6) is 0 Å². The van der Waals surface area contributed by atoms with Crippen LogP contribution in [0.3, 0.4) is 0 Å². The fraction of sp³-hybridized carbons (Fsp3) is 0.462. The normalized spacial score (nSPS) is 27.5. The van der Waals surface area contributed by atoms with Gasteiger partial charge in [0.15, 0.2) is 5.96 Å². The van der Waals surface area contributed by atoms with Gasteiger partial charge in [-0.3, -0.25) is 4.99 Å². The highest BCUT2D eigenvalue weighted by atomic mass is 35.5. The first-order valence-corrected chi connectivity index (χ1v) is 6.83. The summed E-state index contributed by atoms with van der Waals surface area (Å²) in [5.74, 6) is 0.631. The lowest BCUT2D eigenvalue weighted by atomic mass is 9.91. The summed E-state index contributed by atoms with van der Waals surface area (Å²) < 4.78 is 0. The molecule has 3 nitrogen and oxygen atoms in total.